The summed E-state index contributed by atoms with van der Waals surface area (Å²) < 4.78 is 0. The summed E-state index contributed by atoms with van der Waals surface area (Å²) in [7, 11) is 0. The van der Waals surface area contributed by atoms with Crippen molar-refractivity contribution in [1.82, 2.24) is 10.2 Å². The standard InChI is InChI=1S/C16H28N2O2S/c1-11(2)9-15-18(12(3)19)14(10-21-15)16(20)17-13-7-5-4-6-8-13/h11,13-15H,4-10H2,1-3H3,(H,17,20). The molecule has 1 aliphatic heterocycles. The van der Waals surface area contributed by atoms with Gasteiger partial charge in [-0.1, -0.05) is 33.1 Å². The van der Waals surface area contributed by atoms with Crippen LogP contribution in [-0.4, -0.2) is 39.9 Å². The molecule has 1 heterocycles. The van der Waals surface area contributed by atoms with Crippen LogP contribution < -0.4 is 5.32 Å². The Balaban J connectivity index is 1.96. The topological polar surface area (TPSA) is 49.4 Å². The van der Waals surface area contributed by atoms with E-state index >= 15 is 0 Å². The third-order valence-corrected chi connectivity index (χ3v) is 5.70. The Bertz CT molecular complexity index is 380. The zero-order chi connectivity index (χ0) is 15.4. The van der Waals surface area contributed by atoms with E-state index < -0.39 is 0 Å². The fraction of sp³-hybridized carbons (Fsp3) is 0.875. The smallest absolute Gasteiger partial charge is 0.243 e. The van der Waals surface area contributed by atoms with Crippen LogP contribution in [0.25, 0.3) is 0 Å². The van der Waals surface area contributed by atoms with Crippen LogP contribution >= 0.6 is 11.8 Å². The van der Waals surface area contributed by atoms with E-state index in [2.05, 4.69) is 19.2 Å². The summed E-state index contributed by atoms with van der Waals surface area (Å²) in [6.07, 6.45) is 6.81. The molecule has 2 rings (SSSR count). The first-order valence-electron chi connectivity index (χ1n) is 8.20. The van der Waals surface area contributed by atoms with Crippen LogP contribution in [-0.2, 0) is 9.59 Å². The van der Waals surface area contributed by atoms with Crippen molar-refractivity contribution in [3.05, 3.63) is 0 Å². The molecule has 0 aromatic carbocycles. The van der Waals surface area contributed by atoms with Crippen LogP contribution in [0.3, 0.4) is 0 Å². The molecule has 2 aliphatic rings. The second-order valence-corrected chi connectivity index (χ2v) is 7.91. The summed E-state index contributed by atoms with van der Waals surface area (Å²) >= 11 is 1.75. The molecule has 2 fully saturated rings. The Hall–Kier alpha value is -0.710. The molecule has 1 saturated carbocycles. The van der Waals surface area contributed by atoms with Gasteiger partial charge in [0.2, 0.25) is 11.8 Å². The molecule has 1 saturated heterocycles. The summed E-state index contributed by atoms with van der Waals surface area (Å²) in [6.45, 7) is 5.91. The van der Waals surface area contributed by atoms with Crippen LogP contribution in [0.5, 0.6) is 0 Å². The summed E-state index contributed by atoms with van der Waals surface area (Å²) in [4.78, 5) is 26.3. The first kappa shape index (κ1) is 16.7. The van der Waals surface area contributed by atoms with Gasteiger partial charge in [0, 0.05) is 18.7 Å². The van der Waals surface area contributed by atoms with Crippen molar-refractivity contribution in [2.75, 3.05) is 5.75 Å². The van der Waals surface area contributed by atoms with E-state index in [1.54, 1.807) is 18.7 Å². The Labute approximate surface area is 132 Å². The first-order valence-corrected chi connectivity index (χ1v) is 9.24. The van der Waals surface area contributed by atoms with E-state index in [0.717, 1.165) is 25.0 Å². The number of hydrogen-bond acceptors (Lipinski definition) is 3. The fourth-order valence-corrected chi connectivity index (χ4v) is 5.01. The van der Waals surface area contributed by atoms with Crippen LogP contribution in [0, 0.1) is 5.92 Å². The third kappa shape index (κ3) is 4.38. The molecule has 0 aromatic heterocycles. The minimum atomic E-state index is -0.279. The SMILES string of the molecule is CC(=O)N1C(CC(C)C)SCC1C(=O)NC1CCCCC1. The van der Waals surface area contributed by atoms with E-state index in [0.29, 0.717) is 12.0 Å². The van der Waals surface area contributed by atoms with Crippen molar-refractivity contribution >= 4 is 23.6 Å². The number of hydrogen-bond donors (Lipinski definition) is 1. The molecule has 120 valence electrons. The fourth-order valence-electron chi connectivity index (χ4n) is 3.32. The number of thioether (sulfide) groups is 1. The van der Waals surface area contributed by atoms with Crippen LogP contribution in [0.4, 0.5) is 0 Å². The van der Waals surface area contributed by atoms with Gasteiger partial charge in [0.05, 0.1) is 5.37 Å². The maximum atomic E-state index is 12.5. The minimum Gasteiger partial charge on any atom is -0.352 e. The highest BCUT2D eigenvalue weighted by Crippen LogP contribution is 2.33. The Morgan fingerprint density at radius 3 is 2.48 bits per heavy atom. The Kier molecular flexibility index (Phi) is 5.97. The van der Waals surface area contributed by atoms with Crippen molar-refractivity contribution in [2.24, 2.45) is 5.92 Å². The van der Waals surface area contributed by atoms with Crippen molar-refractivity contribution in [3.63, 3.8) is 0 Å². The number of rotatable bonds is 4. The molecule has 1 aliphatic carbocycles. The van der Waals surface area contributed by atoms with E-state index in [4.69, 9.17) is 0 Å². The van der Waals surface area contributed by atoms with Gasteiger partial charge in [-0.15, -0.1) is 11.8 Å². The van der Waals surface area contributed by atoms with Crippen molar-refractivity contribution in [3.8, 4) is 0 Å². The monoisotopic (exact) mass is 312 g/mol. The van der Waals surface area contributed by atoms with Gasteiger partial charge in [0.15, 0.2) is 0 Å². The Morgan fingerprint density at radius 1 is 1.24 bits per heavy atom. The van der Waals surface area contributed by atoms with Gasteiger partial charge in [0.1, 0.15) is 6.04 Å². The number of nitrogens with one attached hydrogen (secondary N) is 1. The van der Waals surface area contributed by atoms with Crippen molar-refractivity contribution in [1.29, 1.82) is 0 Å². The largest absolute Gasteiger partial charge is 0.352 e. The highest BCUT2D eigenvalue weighted by atomic mass is 32.2. The van der Waals surface area contributed by atoms with Crippen LogP contribution in [0.15, 0.2) is 0 Å². The van der Waals surface area contributed by atoms with Gasteiger partial charge in [-0.05, 0) is 25.2 Å². The molecule has 2 amide bonds. The lowest BCUT2D eigenvalue weighted by Crippen LogP contribution is -2.51. The zero-order valence-corrected chi connectivity index (χ0v) is 14.2. The van der Waals surface area contributed by atoms with E-state index in [1.807, 2.05) is 4.90 Å². The average molecular weight is 312 g/mol. The lowest BCUT2D eigenvalue weighted by Gasteiger charge is -2.30. The van der Waals surface area contributed by atoms with Gasteiger partial charge in [-0.3, -0.25) is 9.59 Å². The molecule has 0 radical (unpaired) electrons. The highest BCUT2D eigenvalue weighted by Gasteiger charge is 2.40. The predicted molar refractivity (Wildman–Crippen MR) is 87.0 cm³/mol. The van der Waals surface area contributed by atoms with E-state index in [-0.39, 0.29) is 23.2 Å². The first-order chi connectivity index (χ1) is 9.99. The van der Waals surface area contributed by atoms with Gasteiger partial charge in [0.25, 0.3) is 0 Å². The molecular weight excluding hydrogens is 284 g/mol. The van der Waals surface area contributed by atoms with Gasteiger partial charge >= 0.3 is 0 Å². The summed E-state index contributed by atoms with van der Waals surface area (Å²) in [5.74, 6) is 1.34. The predicted octanol–water partition coefficient (Wildman–Crippen LogP) is 2.77. The zero-order valence-electron chi connectivity index (χ0n) is 13.4. The number of nitrogens with zero attached hydrogens (tertiary/aromatic N) is 1. The quantitative estimate of drug-likeness (QED) is 0.868. The maximum absolute atomic E-state index is 12.5. The summed E-state index contributed by atoms with van der Waals surface area (Å²) in [5, 5.41) is 3.33. The van der Waals surface area contributed by atoms with Crippen LogP contribution in [0.1, 0.15) is 59.3 Å². The molecule has 2 atom stereocenters. The molecule has 21 heavy (non-hydrogen) atoms. The van der Waals surface area contributed by atoms with E-state index in [9.17, 15) is 9.59 Å². The average Bonchev–Trinajstić information content (AvgIpc) is 2.83. The third-order valence-electron chi connectivity index (χ3n) is 4.38. The van der Waals surface area contributed by atoms with Crippen molar-refractivity contribution in [2.45, 2.75) is 76.8 Å². The van der Waals surface area contributed by atoms with E-state index in [1.165, 1.54) is 19.3 Å². The lowest BCUT2D eigenvalue weighted by atomic mass is 9.95. The second-order valence-electron chi connectivity index (χ2n) is 6.70. The molecule has 5 heteroatoms. The molecular formula is C16H28N2O2S. The number of amides is 2. The Morgan fingerprint density at radius 2 is 1.90 bits per heavy atom. The minimum absolute atomic E-state index is 0.0226. The van der Waals surface area contributed by atoms with Gasteiger partial charge in [-0.25, -0.2) is 0 Å². The molecule has 0 bridgehead atoms. The maximum Gasteiger partial charge on any atom is 0.243 e. The molecule has 1 N–H and O–H groups in total. The second kappa shape index (κ2) is 7.52. The van der Waals surface area contributed by atoms with Crippen LogP contribution in [0.2, 0.25) is 0 Å². The number of carbonyl (C=O) groups excluding carboxylic acids is 2. The summed E-state index contributed by atoms with van der Waals surface area (Å²) in [6, 6.07) is 0.0346. The normalized spacial score (nSPS) is 27.1. The summed E-state index contributed by atoms with van der Waals surface area (Å²) in [5.41, 5.74) is 0. The van der Waals surface area contributed by atoms with Gasteiger partial charge < -0.3 is 10.2 Å². The highest BCUT2D eigenvalue weighted by molar-refractivity contribution is 8.00. The molecule has 0 aromatic rings. The molecule has 0 spiro atoms. The van der Waals surface area contributed by atoms with Crippen molar-refractivity contribution < 1.29 is 9.59 Å². The molecule has 2 unspecified atom stereocenters. The number of carbonyl (C=O) groups is 2. The molecule has 4 nitrogen and oxygen atoms in total. The lowest BCUT2D eigenvalue weighted by molar-refractivity contribution is -0.138. The van der Waals surface area contributed by atoms with Gasteiger partial charge in [-0.2, -0.15) is 0 Å².